The first-order valence-corrected chi connectivity index (χ1v) is 9.41. The highest BCUT2D eigenvalue weighted by atomic mass is 16.5. The van der Waals surface area contributed by atoms with Crippen LogP contribution in [0.4, 0.5) is 5.69 Å². The quantitative estimate of drug-likeness (QED) is 0.666. The number of pyridine rings is 1. The molecule has 1 N–H and O–H groups in total. The monoisotopic (exact) mass is 409 g/mol. The van der Waals surface area contributed by atoms with Crippen LogP contribution < -0.4 is 21.3 Å². The molecule has 2 heterocycles. The molecule has 0 saturated heterocycles. The van der Waals surface area contributed by atoms with Crippen LogP contribution in [0.5, 0.6) is 5.88 Å². The molecule has 0 spiro atoms. The average Bonchev–Trinajstić information content (AvgIpc) is 2.71. The second-order valence-corrected chi connectivity index (χ2v) is 7.06. The molecule has 9 heteroatoms. The molecular weight excluding hydrogens is 386 g/mol. The van der Waals surface area contributed by atoms with Gasteiger partial charge in [-0.1, -0.05) is 26.0 Å². The van der Waals surface area contributed by atoms with E-state index in [9.17, 15) is 14.4 Å². The molecule has 30 heavy (non-hydrogen) atoms. The van der Waals surface area contributed by atoms with Crippen LogP contribution in [0.1, 0.15) is 37.9 Å². The minimum Gasteiger partial charge on any atom is -0.476 e. The van der Waals surface area contributed by atoms with Gasteiger partial charge in [-0.2, -0.15) is 4.68 Å². The molecule has 156 valence electrons. The van der Waals surface area contributed by atoms with Crippen molar-refractivity contribution in [2.24, 2.45) is 0 Å². The lowest BCUT2D eigenvalue weighted by atomic mass is 10.1. The fourth-order valence-electron chi connectivity index (χ4n) is 2.88. The Kier molecular flexibility index (Phi) is 6.10. The molecule has 3 aromatic rings. The Morgan fingerprint density at radius 3 is 2.57 bits per heavy atom. The molecule has 0 unspecified atom stereocenters. The lowest BCUT2D eigenvalue weighted by Gasteiger charge is -2.12. The van der Waals surface area contributed by atoms with Crippen molar-refractivity contribution in [3.05, 3.63) is 74.7 Å². The topological polar surface area (TPSA) is 108 Å². The van der Waals surface area contributed by atoms with Crippen molar-refractivity contribution in [3.63, 3.8) is 0 Å². The summed E-state index contributed by atoms with van der Waals surface area (Å²) in [5.41, 5.74) is 1.20. The summed E-state index contributed by atoms with van der Waals surface area (Å²) in [5, 5.41) is 6.69. The van der Waals surface area contributed by atoms with E-state index in [1.165, 1.54) is 14.0 Å². The molecule has 0 atom stereocenters. The number of anilines is 1. The predicted octanol–water partition coefficient (Wildman–Crippen LogP) is 1.93. The van der Waals surface area contributed by atoms with E-state index in [-0.39, 0.29) is 18.3 Å². The number of aromatic nitrogens is 4. The van der Waals surface area contributed by atoms with E-state index >= 15 is 0 Å². The molecule has 9 nitrogen and oxygen atoms in total. The van der Waals surface area contributed by atoms with Gasteiger partial charge in [0.1, 0.15) is 0 Å². The van der Waals surface area contributed by atoms with Gasteiger partial charge in [-0.15, -0.1) is 5.10 Å². The number of carbonyl (C=O) groups is 1. The zero-order chi connectivity index (χ0) is 21.8. The fourth-order valence-corrected chi connectivity index (χ4v) is 2.88. The molecule has 1 amide bonds. The first kappa shape index (κ1) is 21.0. The Bertz CT molecular complexity index is 1180. The third kappa shape index (κ3) is 4.45. The minimum absolute atomic E-state index is 0.0275. The Labute approximate surface area is 173 Å². The third-order valence-electron chi connectivity index (χ3n) is 4.47. The molecule has 0 aliphatic heterocycles. The molecule has 3 rings (SSSR count). The first-order chi connectivity index (χ1) is 14.3. The molecule has 0 aliphatic carbocycles. The second kappa shape index (κ2) is 8.73. The van der Waals surface area contributed by atoms with Crippen LogP contribution in [0.3, 0.4) is 0 Å². The highest BCUT2D eigenvalue weighted by molar-refractivity contribution is 5.88. The van der Waals surface area contributed by atoms with Crippen LogP contribution in [-0.4, -0.2) is 32.3 Å². The normalized spacial score (nSPS) is 10.8. The van der Waals surface area contributed by atoms with Gasteiger partial charge in [0.2, 0.25) is 5.91 Å². The van der Waals surface area contributed by atoms with Gasteiger partial charge in [-0.05, 0) is 35.7 Å². The second-order valence-electron chi connectivity index (χ2n) is 7.06. The highest BCUT2D eigenvalue weighted by Gasteiger charge is 2.16. The van der Waals surface area contributed by atoms with E-state index in [4.69, 9.17) is 4.74 Å². The maximum absolute atomic E-state index is 13.1. The number of benzene rings is 1. The Hall–Kier alpha value is -3.75. The van der Waals surface area contributed by atoms with Gasteiger partial charge in [0, 0.05) is 18.8 Å². The molecule has 0 aliphatic rings. The summed E-state index contributed by atoms with van der Waals surface area (Å²) in [6, 6.07) is 10.3. The van der Waals surface area contributed by atoms with Crippen LogP contribution in [0.25, 0.3) is 5.69 Å². The van der Waals surface area contributed by atoms with Gasteiger partial charge >= 0.3 is 11.2 Å². The van der Waals surface area contributed by atoms with E-state index < -0.39 is 11.2 Å². The number of ether oxygens (including phenoxy) is 1. The Morgan fingerprint density at radius 1 is 1.20 bits per heavy atom. The summed E-state index contributed by atoms with van der Waals surface area (Å²) in [6.45, 7) is 5.48. The molecule has 0 fully saturated rings. The van der Waals surface area contributed by atoms with E-state index in [0.29, 0.717) is 23.0 Å². The van der Waals surface area contributed by atoms with Crippen molar-refractivity contribution >= 4 is 11.6 Å². The number of methoxy groups -OCH3 is 1. The van der Waals surface area contributed by atoms with Gasteiger partial charge in [-0.3, -0.25) is 14.6 Å². The molecule has 0 bridgehead atoms. The SMILES string of the molecule is COc1nn(-c2cccc(NC(C)=O)c2)c(=O)n(Cc2ccc(C(C)C)cn2)c1=O. The van der Waals surface area contributed by atoms with Gasteiger partial charge < -0.3 is 10.1 Å². The Morgan fingerprint density at radius 2 is 1.97 bits per heavy atom. The summed E-state index contributed by atoms with van der Waals surface area (Å²) >= 11 is 0. The van der Waals surface area contributed by atoms with Crippen molar-refractivity contribution in [3.8, 4) is 11.6 Å². The number of nitrogens with zero attached hydrogens (tertiary/aromatic N) is 4. The van der Waals surface area contributed by atoms with Crippen LogP contribution >= 0.6 is 0 Å². The number of carbonyl (C=O) groups excluding carboxylic acids is 1. The summed E-state index contributed by atoms with van der Waals surface area (Å²) in [4.78, 5) is 41.4. The maximum atomic E-state index is 13.1. The van der Waals surface area contributed by atoms with Gasteiger partial charge in [0.25, 0.3) is 5.88 Å². The summed E-state index contributed by atoms with van der Waals surface area (Å²) in [7, 11) is 1.31. The largest absolute Gasteiger partial charge is 0.476 e. The van der Waals surface area contributed by atoms with Crippen LogP contribution in [-0.2, 0) is 11.3 Å². The van der Waals surface area contributed by atoms with Crippen LogP contribution in [0, 0.1) is 0 Å². The number of amides is 1. The molecule has 1 aromatic carbocycles. The first-order valence-electron chi connectivity index (χ1n) is 9.41. The number of rotatable bonds is 6. The maximum Gasteiger partial charge on any atom is 0.352 e. The Balaban J connectivity index is 2.08. The minimum atomic E-state index is -0.647. The lowest BCUT2D eigenvalue weighted by molar-refractivity contribution is -0.114. The molecule has 2 aromatic heterocycles. The molecule has 0 saturated carbocycles. The van der Waals surface area contributed by atoms with E-state index in [2.05, 4.69) is 29.2 Å². The summed E-state index contributed by atoms with van der Waals surface area (Å²) < 4.78 is 7.18. The van der Waals surface area contributed by atoms with Gasteiger partial charge in [0.05, 0.1) is 25.0 Å². The number of hydrogen-bond acceptors (Lipinski definition) is 6. The summed E-state index contributed by atoms with van der Waals surface area (Å²) in [6.07, 6.45) is 1.74. The number of nitrogens with one attached hydrogen (secondary N) is 1. The average molecular weight is 409 g/mol. The predicted molar refractivity (Wildman–Crippen MR) is 112 cm³/mol. The van der Waals surface area contributed by atoms with Crippen molar-refractivity contribution in [2.45, 2.75) is 33.2 Å². The molecule has 0 radical (unpaired) electrons. The van der Waals surface area contributed by atoms with Gasteiger partial charge in [0.15, 0.2) is 0 Å². The summed E-state index contributed by atoms with van der Waals surface area (Å²) in [5.74, 6) is -0.146. The van der Waals surface area contributed by atoms with E-state index in [0.717, 1.165) is 14.8 Å². The van der Waals surface area contributed by atoms with Crippen molar-refractivity contribution in [1.29, 1.82) is 0 Å². The smallest absolute Gasteiger partial charge is 0.352 e. The third-order valence-corrected chi connectivity index (χ3v) is 4.47. The van der Waals surface area contributed by atoms with Crippen molar-refractivity contribution < 1.29 is 9.53 Å². The van der Waals surface area contributed by atoms with Crippen LogP contribution in [0.15, 0.2) is 52.2 Å². The highest BCUT2D eigenvalue weighted by Crippen LogP contribution is 2.14. The fraction of sp³-hybridized carbons (Fsp3) is 0.286. The van der Waals surface area contributed by atoms with Crippen molar-refractivity contribution in [2.75, 3.05) is 12.4 Å². The zero-order valence-electron chi connectivity index (χ0n) is 17.2. The van der Waals surface area contributed by atoms with Crippen molar-refractivity contribution in [1.82, 2.24) is 19.3 Å². The van der Waals surface area contributed by atoms with Gasteiger partial charge in [-0.25, -0.2) is 9.36 Å². The number of hydrogen-bond donors (Lipinski definition) is 1. The molecular formula is C21H23N5O4. The standard InChI is InChI=1S/C21H23N5O4/c1-13(2)15-8-9-17(22-11-15)12-25-20(28)19(30-4)24-26(21(25)29)18-7-5-6-16(10-18)23-14(3)27/h5-11,13H,12H2,1-4H3,(H,23,27). The van der Waals surface area contributed by atoms with E-state index in [1.54, 1.807) is 36.5 Å². The van der Waals surface area contributed by atoms with E-state index in [1.807, 2.05) is 6.07 Å². The van der Waals surface area contributed by atoms with Crippen LogP contribution in [0.2, 0.25) is 0 Å². The zero-order valence-corrected chi connectivity index (χ0v) is 17.2. The lowest BCUT2D eigenvalue weighted by Crippen LogP contribution is -2.41.